The molecule has 0 atom stereocenters. The van der Waals surface area contributed by atoms with Gasteiger partial charge in [0.2, 0.25) is 17.7 Å². The largest absolute Gasteiger partial charge is 0.481 e. The second-order valence-electron chi connectivity index (χ2n) is 5.64. The first-order valence-corrected chi connectivity index (χ1v) is 8.03. The van der Waals surface area contributed by atoms with Crippen LogP contribution in [0.5, 0.6) is 5.88 Å². The van der Waals surface area contributed by atoms with E-state index in [0.717, 1.165) is 11.3 Å². The van der Waals surface area contributed by atoms with Gasteiger partial charge < -0.3 is 15.8 Å². The Morgan fingerprint density at radius 3 is 2.63 bits per heavy atom. The van der Waals surface area contributed by atoms with E-state index in [4.69, 9.17) is 10.5 Å². The highest BCUT2D eigenvalue weighted by atomic mass is 16.5. The first-order valence-electron chi connectivity index (χ1n) is 8.03. The van der Waals surface area contributed by atoms with Crippen LogP contribution in [0.4, 0.5) is 11.6 Å². The van der Waals surface area contributed by atoms with Crippen LogP contribution >= 0.6 is 0 Å². The molecule has 3 heterocycles. The van der Waals surface area contributed by atoms with Crippen LogP contribution in [0.3, 0.4) is 0 Å². The summed E-state index contributed by atoms with van der Waals surface area (Å²) >= 11 is 0. The van der Waals surface area contributed by atoms with E-state index in [1.807, 2.05) is 6.07 Å². The molecule has 0 aliphatic rings. The highest BCUT2D eigenvalue weighted by molar-refractivity contribution is 5.93. The quantitative estimate of drug-likeness (QED) is 0.558. The van der Waals surface area contributed by atoms with Gasteiger partial charge in [0.05, 0.1) is 19.0 Å². The molecule has 0 bridgehead atoms. The van der Waals surface area contributed by atoms with Crippen molar-refractivity contribution in [3.63, 3.8) is 0 Å². The maximum Gasteiger partial charge on any atom is 0.248 e. The third-order valence-corrected chi connectivity index (χ3v) is 3.90. The third kappa shape index (κ3) is 3.25. The lowest BCUT2D eigenvalue weighted by molar-refractivity contribution is 0.100. The molecule has 0 aliphatic carbocycles. The summed E-state index contributed by atoms with van der Waals surface area (Å²) in [6, 6.07) is 10.4. The van der Waals surface area contributed by atoms with Gasteiger partial charge in [0.15, 0.2) is 5.65 Å². The zero-order valence-corrected chi connectivity index (χ0v) is 14.3. The number of hydrogen-bond donors (Lipinski definition) is 2. The molecule has 0 fully saturated rings. The van der Waals surface area contributed by atoms with E-state index in [2.05, 4.69) is 25.4 Å². The number of aromatic nitrogens is 5. The molecule has 4 aromatic rings. The number of pyridine rings is 1. The Balaban J connectivity index is 1.68. The van der Waals surface area contributed by atoms with Crippen LogP contribution in [0.15, 0.2) is 55.0 Å². The second-order valence-corrected chi connectivity index (χ2v) is 5.64. The van der Waals surface area contributed by atoms with Gasteiger partial charge in [-0.25, -0.2) is 9.50 Å². The number of rotatable bonds is 5. The molecular formula is C18H15N7O2. The summed E-state index contributed by atoms with van der Waals surface area (Å²) < 4.78 is 6.67. The molecule has 0 radical (unpaired) electrons. The zero-order chi connectivity index (χ0) is 18.8. The average molecular weight is 361 g/mol. The maximum absolute atomic E-state index is 11.2. The predicted octanol–water partition coefficient (Wildman–Crippen LogP) is 2.04. The van der Waals surface area contributed by atoms with Gasteiger partial charge in [0.1, 0.15) is 5.69 Å². The highest BCUT2D eigenvalue weighted by Gasteiger charge is 2.12. The molecule has 0 saturated carbocycles. The number of primary amides is 1. The number of carbonyl (C=O) groups is 1. The lowest BCUT2D eigenvalue weighted by atomic mass is 10.1. The summed E-state index contributed by atoms with van der Waals surface area (Å²) in [5.74, 6) is 0.453. The lowest BCUT2D eigenvalue weighted by Gasteiger charge is -2.02. The average Bonchev–Trinajstić information content (AvgIpc) is 3.11. The Hall–Kier alpha value is -4.01. The van der Waals surface area contributed by atoms with Crippen molar-refractivity contribution in [3.8, 4) is 17.1 Å². The molecule has 134 valence electrons. The smallest absolute Gasteiger partial charge is 0.248 e. The van der Waals surface area contributed by atoms with Crippen molar-refractivity contribution in [2.45, 2.75) is 0 Å². The molecule has 9 nitrogen and oxygen atoms in total. The number of ether oxygens (including phenoxy) is 1. The van der Waals surface area contributed by atoms with Crippen LogP contribution in [-0.2, 0) is 0 Å². The number of amides is 1. The van der Waals surface area contributed by atoms with Crippen molar-refractivity contribution in [1.82, 2.24) is 24.6 Å². The summed E-state index contributed by atoms with van der Waals surface area (Å²) in [4.78, 5) is 24.3. The number of anilines is 2. The van der Waals surface area contributed by atoms with Crippen molar-refractivity contribution in [2.24, 2.45) is 5.73 Å². The number of nitrogens with one attached hydrogen (secondary N) is 1. The Kier molecular flexibility index (Phi) is 4.09. The first kappa shape index (κ1) is 16.5. The van der Waals surface area contributed by atoms with Gasteiger partial charge in [-0.1, -0.05) is 12.1 Å². The van der Waals surface area contributed by atoms with Crippen LogP contribution in [-0.4, -0.2) is 37.6 Å². The zero-order valence-electron chi connectivity index (χ0n) is 14.3. The number of methoxy groups -OCH3 is 1. The lowest BCUT2D eigenvalue weighted by Crippen LogP contribution is -2.10. The van der Waals surface area contributed by atoms with Gasteiger partial charge in [-0.3, -0.25) is 9.78 Å². The summed E-state index contributed by atoms with van der Waals surface area (Å²) in [5.41, 5.74) is 8.47. The Morgan fingerprint density at radius 2 is 1.96 bits per heavy atom. The number of hydrogen-bond acceptors (Lipinski definition) is 7. The topological polar surface area (TPSA) is 120 Å². The molecule has 27 heavy (non-hydrogen) atoms. The minimum Gasteiger partial charge on any atom is -0.481 e. The molecule has 1 aromatic carbocycles. The van der Waals surface area contributed by atoms with E-state index in [1.165, 1.54) is 0 Å². The third-order valence-electron chi connectivity index (χ3n) is 3.90. The number of nitrogens with two attached hydrogens (primary N) is 1. The van der Waals surface area contributed by atoms with Crippen molar-refractivity contribution >= 4 is 23.2 Å². The van der Waals surface area contributed by atoms with E-state index >= 15 is 0 Å². The van der Waals surface area contributed by atoms with Crippen LogP contribution in [0.25, 0.3) is 16.9 Å². The molecule has 4 rings (SSSR count). The van der Waals surface area contributed by atoms with Crippen LogP contribution in [0.1, 0.15) is 10.4 Å². The molecule has 3 aromatic heterocycles. The molecule has 0 spiro atoms. The molecule has 0 unspecified atom stereocenters. The van der Waals surface area contributed by atoms with Crippen LogP contribution < -0.4 is 15.8 Å². The van der Waals surface area contributed by atoms with E-state index in [9.17, 15) is 4.79 Å². The Labute approximate surface area is 153 Å². The molecule has 9 heteroatoms. The monoisotopic (exact) mass is 361 g/mol. The van der Waals surface area contributed by atoms with E-state index in [-0.39, 0.29) is 0 Å². The summed E-state index contributed by atoms with van der Waals surface area (Å²) in [5, 5.41) is 7.50. The molecule has 1 amide bonds. The number of fused-ring (bicyclic) bond motifs is 1. The fraction of sp³-hybridized carbons (Fsp3) is 0.0556. The highest BCUT2D eigenvalue weighted by Crippen LogP contribution is 2.23. The van der Waals surface area contributed by atoms with Crippen LogP contribution in [0, 0.1) is 0 Å². The molecule has 3 N–H and O–H groups in total. The maximum atomic E-state index is 11.2. The van der Waals surface area contributed by atoms with E-state index in [0.29, 0.717) is 28.7 Å². The van der Waals surface area contributed by atoms with E-state index < -0.39 is 5.91 Å². The summed E-state index contributed by atoms with van der Waals surface area (Å²) in [7, 11) is 1.56. The first-order chi connectivity index (χ1) is 13.1. The number of benzene rings is 1. The Bertz CT molecular complexity index is 1100. The van der Waals surface area contributed by atoms with Gasteiger partial charge in [-0.2, -0.15) is 4.98 Å². The van der Waals surface area contributed by atoms with Crippen molar-refractivity contribution < 1.29 is 9.53 Å². The van der Waals surface area contributed by atoms with Crippen LogP contribution in [0.2, 0.25) is 0 Å². The van der Waals surface area contributed by atoms with Gasteiger partial charge in [-0.15, -0.1) is 5.10 Å². The Morgan fingerprint density at radius 1 is 1.15 bits per heavy atom. The SMILES string of the molecule is COc1ccc(Nc2nc3c(-c4ccc(C(N)=O)cc4)nccn3n2)cn1. The van der Waals surface area contributed by atoms with Gasteiger partial charge in [0.25, 0.3) is 0 Å². The molecular weight excluding hydrogens is 346 g/mol. The van der Waals surface area contributed by atoms with E-state index in [1.54, 1.807) is 60.5 Å². The fourth-order valence-electron chi connectivity index (χ4n) is 2.57. The number of nitrogens with zero attached hydrogens (tertiary/aromatic N) is 5. The molecule has 0 aliphatic heterocycles. The van der Waals surface area contributed by atoms with Gasteiger partial charge in [-0.05, 0) is 18.2 Å². The minimum absolute atomic E-state index is 0.407. The summed E-state index contributed by atoms with van der Waals surface area (Å²) in [6.45, 7) is 0. The van der Waals surface area contributed by atoms with Gasteiger partial charge >= 0.3 is 0 Å². The predicted molar refractivity (Wildman–Crippen MR) is 98.8 cm³/mol. The minimum atomic E-state index is -0.477. The summed E-state index contributed by atoms with van der Waals surface area (Å²) in [6.07, 6.45) is 4.98. The van der Waals surface area contributed by atoms with Crippen molar-refractivity contribution in [3.05, 3.63) is 60.6 Å². The van der Waals surface area contributed by atoms with Crippen molar-refractivity contribution in [1.29, 1.82) is 0 Å². The standard InChI is InChI=1S/C18H15N7O2/c1-27-14-7-6-13(10-21-14)22-18-23-17-15(20-8-9-25(17)24-18)11-2-4-12(5-3-11)16(19)26/h2-10H,1H3,(H2,19,26)(H,22,24). The van der Waals surface area contributed by atoms with Crippen molar-refractivity contribution in [2.75, 3.05) is 12.4 Å². The second kappa shape index (κ2) is 6.71. The molecule has 0 saturated heterocycles. The number of carbonyl (C=O) groups excluding carboxylic acids is 1. The van der Waals surface area contributed by atoms with Gasteiger partial charge in [0, 0.05) is 29.6 Å². The fourth-order valence-corrected chi connectivity index (χ4v) is 2.57. The normalized spacial score (nSPS) is 10.7.